The Balaban J connectivity index is 1.67. The Hall–Kier alpha value is -2.16. The van der Waals surface area contributed by atoms with Crippen molar-refractivity contribution in [2.75, 3.05) is 37.6 Å². The maximum Gasteiger partial charge on any atom is 0.347 e. The van der Waals surface area contributed by atoms with Gasteiger partial charge in [-0.2, -0.15) is 0 Å². The Morgan fingerprint density at radius 3 is 2.52 bits per heavy atom. The van der Waals surface area contributed by atoms with E-state index in [-0.39, 0.29) is 23.4 Å². The smallest absolute Gasteiger partial charge is 0.347 e. The lowest BCUT2D eigenvalue weighted by Crippen LogP contribution is -2.41. The molecular weight excluding hydrogens is 320 g/mol. The molecule has 23 heavy (non-hydrogen) atoms. The molecule has 2 aliphatic heterocycles. The minimum absolute atomic E-state index is 0.0285. The summed E-state index contributed by atoms with van der Waals surface area (Å²) in [7, 11) is 0. The van der Waals surface area contributed by atoms with Crippen LogP contribution in [0.2, 0.25) is 0 Å². The van der Waals surface area contributed by atoms with Crippen molar-refractivity contribution in [1.29, 1.82) is 0 Å². The van der Waals surface area contributed by atoms with Crippen molar-refractivity contribution in [2.24, 2.45) is 0 Å². The molecule has 3 rings (SSSR count). The van der Waals surface area contributed by atoms with E-state index in [2.05, 4.69) is 4.98 Å². The molecule has 124 valence electrons. The molecule has 0 bridgehead atoms. The van der Waals surface area contributed by atoms with Crippen LogP contribution in [0.5, 0.6) is 0 Å². The summed E-state index contributed by atoms with van der Waals surface area (Å²) in [4.78, 5) is 44.7. The van der Waals surface area contributed by atoms with E-state index in [9.17, 15) is 14.4 Å². The second-order valence-corrected chi connectivity index (χ2v) is 6.64. The average Bonchev–Trinajstić information content (AvgIpc) is 3.20. The summed E-state index contributed by atoms with van der Waals surface area (Å²) >= 11 is 0.987. The lowest BCUT2D eigenvalue weighted by Gasteiger charge is -2.20. The summed E-state index contributed by atoms with van der Waals surface area (Å²) in [5.41, 5.74) is 0.400. The molecule has 2 fully saturated rings. The largest absolute Gasteiger partial charge is 0.477 e. The Morgan fingerprint density at radius 2 is 1.91 bits per heavy atom. The van der Waals surface area contributed by atoms with E-state index in [1.807, 2.05) is 0 Å². The van der Waals surface area contributed by atoms with Crippen LogP contribution in [0.25, 0.3) is 0 Å². The number of aromatic carboxylic acids is 1. The average molecular weight is 338 g/mol. The van der Waals surface area contributed by atoms with Gasteiger partial charge in [0.25, 0.3) is 0 Å². The third-order valence-corrected chi connectivity index (χ3v) is 5.26. The minimum Gasteiger partial charge on any atom is -0.477 e. The number of amides is 3. The van der Waals surface area contributed by atoms with Gasteiger partial charge < -0.3 is 14.9 Å². The number of aromatic nitrogens is 1. The third kappa shape index (κ3) is 3.00. The SMILES string of the molecule is Cc1nc(N2CCN(CC(=O)N3CCCC3)C2=O)sc1C(=O)O. The Morgan fingerprint density at radius 1 is 1.22 bits per heavy atom. The monoisotopic (exact) mass is 338 g/mol. The molecule has 9 heteroatoms. The minimum atomic E-state index is -1.04. The van der Waals surface area contributed by atoms with Crippen LogP contribution in [-0.4, -0.2) is 70.5 Å². The fourth-order valence-corrected chi connectivity index (χ4v) is 3.76. The summed E-state index contributed by atoms with van der Waals surface area (Å²) in [6, 6.07) is -0.289. The van der Waals surface area contributed by atoms with E-state index in [1.54, 1.807) is 11.8 Å². The number of carbonyl (C=O) groups is 3. The van der Waals surface area contributed by atoms with Crippen LogP contribution in [0.4, 0.5) is 9.93 Å². The van der Waals surface area contributed by atoms with E-state index in [0.717, 1.165) is 37.3 Å². The van der Waals surface area contributed by atoms with Crippen LogP contribution in [-0.2, 0) is 4.79 Å². The molecule has 0 atom stereocenters. The third-order valence-electron chi connectivity index (χ3n) is 4.09. The Labute approximate surface area is 137 Å². The van der Waals surface area contributed by atoms with Crippen LogP contribution >= 0.6 is 11.3 Å². The standard InChI is InChI=1S/C14H18N4O4S/c1-9-11(12(20)21)23-13(15-9)18-7-6-17(14(18)22)8-10(19)16-4-2-3-5-16/h2-8H2,1H3,(H,20,21). The first-order valence-electron chi connectivity index (χ1n) is 7.52. The molecule has 2 saturated heterocycles. The first-order chi connectivity index (χ1) is 11.0. The van der Waals surface area contributed by atoms with Crippen molar-refractivity contribution in [3.05, 3.63) is 10.6 Å². The van der Waals surface area contributed by atoms with Gasteiger partial charge in [0.2, 0.25) is 5.91 Å². The fraction of sp³-hybridized carbons (Fsp3) is 0.571. The molecular formula is C14H18N4O4S. The molecule has 8 nitrogen and oxygen atoms in total. The maximum absolute atomic E-state index is 12.4. The lowest BCUT2D eigenvalue weighted by molar-refractivity contribution is -0.130. The fourth-order valence-electron chi connectivity index (χ4n) is 2.83. The van der Waals surface area contributed by atoms with E-state index < -0.39 is 5.97 Å². The molecule has 0 spiro atoms. The maximum atomic E-state index is 12.4. The van der Waals surface area contributed by atoms with Gasteiger partial charge in [0.15, 0.2) is 5.13 Å². The van der Waals surface area contributed by atoms with Crippen molar-refractivity contribution in [3.63, 3.8) is 0 Å². The molecule has 1 aromatic heterocycles. The highest BCUT2D eigenvalue weighted by Gasteiger charge is 2.34. The second kappa shape index (κ2) is 6.15. The van der Waals surface area contributed by atoms with Gasteiger partial charge in [0.05, 0.1) is 5.69 Å². The van der Waals surface area contributed by atoms with Gasteiger partial charge in [0, 0.05) is 26.2 Å². The summed E-state index contributed by atoms with van der Waals surface area (Å²) in [5.74, 6) is -1.07. The zero-order valence-corrected chi connectivity index (χ0v) is 13.6. The molecule has 0 saturated carbocycles. The van der Waals surface area contributed by atoms with Gasteiger partial charge >= 0.3 is 12.0 Å². The number of hydrogen-bond acceptors (Lipinski definition) is 5. The highest BCUT2D eigenvalue weighted by Crippen LogP contribution is 2.28. The van der Waals surface area contributed by atoms with Crippen molar-refractivity contribution in [3.8, 4) is 0 Å². The van der Waals surface area contributed by atoms with E-state index in [1.165, 1.54) is 9.80 Å². The molecule has 0 radical (unpaired) electrons. The summed E-state index contributed by atoms with van der Waals surface area (Å²) < 4.78 is 0. The van der Waals surface area contributed by atoms with Gasteiger partial charge in [0.1, 0.15) is 11.4 Å². The molecule has 2 aliphatic rings. The first-order valence-corrected chi connectivity index (χ1v) is 8.34. The van der Waals surface area contributed by atoms with Gasteiger partial charge in [-0.25, -0.2) is 14.6 Å². The van der Waals surface area contributed by atoms with E-state index in [0.29, 0.717) is 23.9 Å². The van der Waals surface area contributed by atoms with Crippen molar-refractivity contribution >= 4 is 34.4 Å². The molecule has 3 amide bonds. The summed E-state index contributed by atoms with van der Waals surface area (Å²) in [6.07, 6.45) is 2.03. The zero-order chi connectivity index (χ0) is 16.6. The van der Waals surface area contributed by atoms with Crippen LogP contribution < -0.4 is 4.90 Å². The Kier molecular flexibility index (Phi) is 4.20. The number of likely N-dealkylation sites (tertiary alicyclic amines) is 1. The van der Waals surface area contributed by atoms with Gasteiger partial charge in [-0.15, -0.1) is 0 Å². The predicted octanol–water partition coefficient (Wildman–Crippen LogP) is 1.01. The Bertz CT molecular complexity index is 653. The normalized spacial score (nSPS) is 18.1. The van der Waals surface area contributed by atoms with Crippen molar-refractivity contribution < 1.29 is 19.5 Å². The molecule has 0 aromatic carbocycles. The highest BCUT2D eigenvalue weighted by molar-refractivity contribution is 7.17. The van der Waals surface area contributed by atoms with Crippen molar-refractivity contribution in [1.82, 2.24) is 14.8 Å². The molecule has 1 N–H and O–H groups in total. The number of rotatable bonds is 4. The van der Waals surface area contributed by atoms with Crippen LogP contribution in [0, 0.1) is 6.92 Å². The predicted molar refractivity (Wildman–Crippen MR) is 83.9 cm³/mol. The van der Waals surface area contributed by atoms with Crippen molar-refractivity contribution in [2.45, 2.75) is 19.8 Å². The quantitative estimate of drug-likeness (QED) is 0.884. The number of carboxylic acid groups (broad SMARTS) is 1. The highest BCUT2D eigenvalue weighted by atomic mass is 32.1. The number of anilines is 1. The lowest BCUT2D eigenvalue weighted by atomic mass is 10.4. The number of nitrogens with zero attached hydrogens (tertiary/aromatic N) is 4. The summed E-state index contributed by atoms with van der Waals surface area (Å²) in [5, 5.41) is 9.46. The first kappa shape index (κ1) is 15.7. The second-order valence-electron chi connectivity index (χ2n) is 5.66. The number of aryl methyl sites for hydroxylation is 1. The summed E-state index contributed by atoms with van der Waals surface area (Å²) in [6.45, 7) is 4.07. The molecule has 3 heterocycles. The number of carbonyl (C=O) groups excluding carboxylic acids is 2. The zero-order valence-electron chi connectivity index (χ0n) is 12.8. The molecule has 1 aromatic rings. The van der Waals surface area contributed by atoms with Crippen LogP contribution in [0.3, 0.4) is 0 Å². The number of urea groups is 1. The number of hydrogen-bond donors (Lipinski definition) is 1. The number of thiazole rings is 1. The molecule has 0 aliphatic carbocycles. The van der Waals surface area contributed by atoms with Crippen LogP contribution in [0.1, 0.15) is 28.2 Å². The van der Waals surface area contributed by atoms with E-state index in [4.69, 9.17) is 5.11 Å². The molecule has 0 unspecified atom stereocenters. The van der Waals surface area contributed by atoms with E-state index >= 15 is 0 Å². The van der Waals surface area contributed by atoms with Gasteiger partial charge in [-0.3, -0.25) is 9.69 Å². The van der Waals surface area contributed by atoms with Gasteiger partial charge in [-0.05, 0) is 19.8 Å². The van der Waals surface area contributed by atoms with Crippen LogP contribution in [0.15, 0.2) is 0 Å². The number of carboxylic acids is 1. The van der Waals surface area contributed by atoms with Gasteiger partial charge in [-0.1, -0.05) is 11.3 Å². The topological polar surface area (TPSA) is 94.1 Å².